The molecule has 0 aromatic heterocycles. The van der Waals surface area contributed by atoms with E-state index in [2.05, 4.69) is 0 Å². The zero-order chi connectivity index (χ0) is 10.9. The number of rotatable bonds is 2. The standard InChI is InChI=1S/C12H10O.N2/c1-3-7-11(8-4-1)13-12-9-5-2-6-10-12;1-2/h1-10H;. The highest BCUT2D eigenvalue weighted by atomic mass is 16.5. The first-order valence-corrected chi connectivity index (χ1v) is 4.43. The van der Waals surface area contributed by atoms with Crippen LogP contribution in [-0.2, 0) is 0 Å². The predicted octanol–water partition coefficient (Wildman–Crippen LogP) is 3.51. The van der Waals surface area contributed by atoms with Crippen LogP contribution in [0.2, 0.25) is 0 Å². The van der Waals surface area contributed by atoms with E-state index in [0.717, 1.165) is 11.5 Å². The second-order valence-electron chi connectivity index (χ2n) is 2.73. The molecule has 0 fully saturated rings. The molecule has 0 amide bonds. The molecule has 2 aromatic carbocycles. The predicted molar refractivity (Wildman–Crippen MR) is 56.4 cm³/mol. The Balaban J connectivity index is 0.000000531. The van der Waals surface area contributed by atoms with Crippen molar-refractivity contribution in [1.82, 2.24) is 0 Å². The first-order valence-electron chi connectivity index (χ1n) is 4.43. The fraction of sp³-hybridized carbons (Fsp3) is 0. The Morgan fingerprint density at radius 1 is 0.600 bits per heavy atom. The van der Waals surface area contributed by atoms with Crippen LogP contribution in [-0.4, -0.2) is 0 Å². The second-order valence-corrected chi connectivity index (χ2v) is 2.73. The summed E-state index contributed by atoms with van der Waals surface area (Å²) in [5.41, 5.74) is 0. The van der Waals surface area contributed by atoms with Gasteiger partial charge in [0.25, 0.3) is 0 Å². The number of para-hydroxylation sites is 2. The van der Waals surface area contributed by atoms with Gasteiger partial charge in [-0.15, -0.1) is 0 Å². The van der Waals surface area contributed by atoms with Crippen LogP contribution >= 0.6 is 0 Å². The van der Waals surface area contributed by atoms with E-state index in [-0.39, 0.29) is 0 Å². The minimum atomic E-state index is 0.869. The molecule has 0 bridgehead atoms. The quantitative estimate of drug-likeness (QED) is 0.694. The summed E-state index contributed by atoms with van der Waals surface area (Å²) in [6.07, 6.45) is 0. The smallest absolute Gasteiger partial charge is 0.127 e. The molecule has 0 radical (unpaired) electrons. The monoisotopic (exact) mass is 198 g/mol. The van der Waals surface area contributed by atoms with Gasteiger partial charge in [-0.25, -0.2) is 0 Å². The van der Waals surface area contributed by atoms with Gasteiger partial charge in [0, 0.05) is 10.8 Å². The summed E-state index contributed by atoms with van der Waals surface area (Å²) in [5.74, 6) is 1.74. The Hall–Kier alpha value is -2.34. The number of nitrogens with zero attached hydrogens (tertiary/aromatic N) is 2. The molecule has 15 heavy (non-hydrogen) atoms. The summed E-state index contributed by atoms with van der Waals surface area (Å²) in [4.78, 5) is 0. The minimum absolute atomic E-state index is 0.869. The molecular formula is C12H10N2O. The summed E-state index contributed by atoms with van der Waals surface area (Å²) in [6.45, 7) is 0. The molecule has 0 atom stereocenters. The van der Waals surface area contributed by atoms with Gasteiger partial charge in [-0.2, -0.15) is 0 Å². The van der Waals surface area contributed by atoms with Gasteiger partial charge in [0.2, 0.25) is 0 Å². The van der Waals surface area contributed by atoms with Gasteiger partial charge in [0.15, 0.2) is 0 Å². The maximum atomic E-state index is 6.00. The van der Waals surface area contributed by atoms with Crippen LogP contribution in [0.3, 0.4) is 0 Å². The first-order chi connectivity index (χ1) is 7.45. The number of ether oxygens (including phenoxy) is 1. The molecule has 3 nitrogen and oxygen atoms in total. The van der Waals surface area contributed by atoms with Crippen molar-refractivity contribution in [2.45, 2.75) is 0 Å². The van der Waals surface area contributed by atoms with Crippen molar-refractivity contribution < 1.29 is 4.74 Å². The maximum Gasteiger partial charge on any atom is 0.127 e. The summed E-state index contributed by atoms with van der Waals surface area (Å²) >= 11 is 0. The highest BCUT2D eigenvalue weighted by Crippen LogP contribution is 2.19. The van der Waals surface area contributed by atoms with Crippen LogP contribution < -0.4 is 4.74 Å². The molecule has 2 rings (SSSR count). The average molecular weight is 198 g/mol. The Kier molecular flexibility index (Phi) is 4.41. The Bertz CT molecular complexity index is 360. The van der Waals surface area contributed by atoms with Crippen molar-refractivity contribution in [3.63, 3.8) is 0 Å². The van der Waals surface area contributed by atoms with E-state index in [1.165, 1.54) is 0 Å². The van der Waals surface area contributed by atoms with Crippen LogP contribution in [0.5, 0.6) is 11.5 Å². The summed E-state index contributed by atoms with van der Waals surface area (Å²) in [7, 11) is 0. The lowest BCUT2D eigenvalue weighted by Crippen LogP contribution is -1.81. The number of benzene rings is 2. The van der Waals surface area contributed by atoms with Crippen molar-refractivity contribution in [3.05, 3.63) is 60.7 Å². The molecule has 0 unspecified atom stereocenters. The van der Waals surface area contributed by atoms with Crippen LogP contribution in [0.4, 0.5) is 0 Å². The van der Waals surface area contributed by atoms with Gasteiger partial charge in [-0.3, -0.25) is 0 Å². The third-order valence-corrected chi connectivity index (χ3v) is 1.72. The fourth-order valence-corrected chi connectivity index (χ4v) is 1.11. The topological polar surface area (TPSA) is 56.8 Å². The summed E-state index contributed by atoms with van der Waals surface area (Å²) in [5, 5.41) is 12.0. The van der Waals surface area contributed by atoms with Crippen LogP contribution in [0.15, 0.2) is 60.7 Å². The molecule has 0 aliphatic rings. The summed E-state index contributed by atoms with van der Waals surface area (Å²) in [6, 6.07) is 19.5. The highest BCUT2D eigenvalue weighted by Gasteiger charge is 1.92. The fourth-order valence-electron chi connectivity index (χ4n) is 1.11. The Morgan fingerprint density at radius 3 is 1.27 bits per heavy atom. The van der Waals surface area contributed by atoms with E-state index in [0.29, 0.717) is 0 Å². The van der Waals surface area contributed by atoms with Gasteiger partial charge < -0.3 is 4.74 Å². The molecule has 0 aliphatic carbocycles. The molecule has 3 heteroatoms. The molecule has 74 valence electrons. The van der Waals surface area contributed by atoms with E-state index in [1.807, 2.05) is 60.7 Å². The summed E-state index contributed by atoms with van der Waals surface area (Å²) < 4.78 is 5.58. The minimum Gasteiger partial charge on any atom is -0.457 e. The lowest BCUT2D eigenvalue weighted by atomic mass is 10.3. The van der Waals surface area contributed by atoms with E-state index in [9.17, 15) is 0 Å². The normalized spacial score (nSPS) is 8.40. The largest absolute Gasteiger partial charge is 0.457 e. The van der Waals surface area contributed by atoms with Gasteiger partial charge in [-0.1, -0.05) is 36.4 Å². The van der Waals surface area contributed by atoms with Crippen LogP contribution in [0, 0.1) is 10.8 Å². The van der Waals surface area contributed by atoms with Crippen LogP contribution in [0.25, 0.3) is 0 Å². The van der Waals surface area contributed by atoms with Crippen LogP contribution in [0.1, 0.15) is 0 Å². The molecule has 0 heterocycles. The van der Waals surface area contributed by atoms with Gasteiger partial charge in [0.05, 0.1) is 0 Å². The SMILES string of the molecule is N#N.c1ccc(Oc2ccccc2)cc1. The van der Waals surface area contributed by atoms with Gasteiger partial charge in [-0.05, 0) is 24.3 Å². The van der Waals surface area contributed by atoms with Crippen molar-refractivity contribution in [2.24, 2.45) is 0 Å². The molecule has 0 spiro atoms. The van der Waals surface area contributed by atoms with Crippen molar-refractivity contribution in [1.29, 1.82) is 10.8 Å². The average Bonchev–Trinajstić information content (AvgIpc) is 2.34. The first kappa shape index (κ1) is 10.7. The Labute approximate surface area is 88.4 Å². The third-order valence-electron chi connectivity index (χ3n) is 1.72. The highest BCUT2D eigenvalue weighted by molar-refractivity contribution is 5.30. The molecule has 0 N–H and O–H groups in total. The molecule has 0 aliphatic heterocycles. The van der Waals surface area contributed by atoms with E-state index < -0.39 is 0 Å². The number of hydrogen-bond donors (Lipinski definition) is 0. The number of hydrogen-bond acceptors (Lipinski definition) is 3. The lowest BCUT2D eigenvalue weighted by molar-refractivity contribution is 0.482. The van der Waals surface area contributed by atoms with Crippen molar-refractivity contribution in [2.75, 3.05) is 0 Å². The van der Waals surface area contributed by atoms with Crippen molar-refractivity contribution >= 4 is 0 Å². The Morgan fingerprint density at radius 2 is 0.933 bits per heavy atom. The van der Waals surface area contributed by atoms with E-state index in [4.69, 9.17) is 15.5 Å². The van der Waals surface area contributed by atoms with E-state index >= 15 is 0 Å². The molecule has 0 saturated heterocycles. The second kappa shape index (κ2) is 6.17. The van der Waals surface area contributed by atoms with Gasteiger partial charge in [0.1, 0.15) is 11.5 Å². The lowest BCUT2D eigenvalue weighted by Gasteiger charge is -2.03. The van der Waals surface area contributed by atoms with Gasteiger partial charge >= 0.3 is 0 Å². The zero-order valence-corrected chi connectivity index (χ0v) is 8.08. The third kappa shape index (κ3) is 3.49. The van der Waals surface area contributed by atoms with E-state index in [1.54, 1.807) is 0 Å². The maximum absolute atomic E-state index is 6.00. The van der Waals surface area contributed by atoms with Crippen molar-refractivity contribution in [3.8, 4) is 11.5 Å². The molecule has 2 aromatic rings. The molecular weight excluding hydrogens is 188 g/mol. The molecule has 0 saturated carbocycles. The zero-order valence-electron chi connectivity index (χ0n) is 8.08.